The predicted molar refractivity (Wildman–Crippen MR) is 50.3 cm³/mol. The van der Waals surface area contributed by atoms with E-state index in [1.807, 2.05) is 0 Å². The summed E-state index contributed by atoms with van der Waals surface area (Å²) >= 11 is 0. The lowest BCUT2D eigenvalue weighted by Crippen LogP contribution is -2.26. The normalized spacial score (nSPS) is 33.7. The number of carbonyl (C=O) groups excluding carboxylic acids is 1. The van der Waals surface area contributed by atoms with E-state index in [1.54, 1.807) is 6.92 Å². The van der Waals surface area contributed by atoms with E-state index >= 15 is 0 Å². The summed E-state index contributed by atoms with van der Waals surface area (Å²) in [4.78, 5) is 11.5. The molecular weight excluding hydrogens is 180 g/mol. The second kappa shape index (κ2) is 3.09. The van der Waals surface area contributed by atoms with Crippen molar-refractivity contribution in [2.75, 3.05) is 0 Å². The van der Waals surface area contributed by atoms with Crippen LogP contribution in [0, 0.1) is 11.8 Å². The Morgan fingerprint density at radius 3 is 3.07 bits per heavy atom. The van der Waals surface area contributed by atoms with Crippen LogP contribution in [0.15, 0.2) is 23.8 Å². The number of aliphatic hydroxyl groups excluding tert-OH is 1. The highest BCUT2D eigenvalue weighted by Crippen LogP contribution is 2.33. The topological polar surface area (TPSA) is 49.8 Å². The molecule has 2 aliphatic rings. The Balaban J connectivity index is 2.23. The van der Waals surface area contributed by atoms with Crippen LogP contribution in [0.25, 0.3) is 0 Å². The van der Waals surface area contributed by atoms with Gasteiger partial charge in [-0.25, -0.2) is 0 Å². The lowest BCUT2D eigenvalue weighted by molar-refractivity contribution is -0.116. The van der Waals surface area contributed by atoms with Gasteiger partial charge in [-0.3, -0.25) is 4.79 Å². The van der Waals surface area contributed by atoms with Crippen LogP contribution in [-0.2, 0) is 9.53 Å². The van der Waals surface area contributed by atoms with Crippen LogP contribution in [-0.4, -0.2) is 29.2 Å². The van der Waals surface area contributed by atoms with E-state index in [9.17, 15) is 9.90 Å². The molecule has 3 nitrogen and oxygen atoms in total. The second-order valence-corrected chi connectivity index (χ2v) is 3.49. The van der Waals surface area contributed by atoms with Gasteiger partial charge >= 0.3 is 0 Å². The van der Waals surface area contributed by atoms with Crippen molar-refractivity contribution in [3.05, 3.63) is 23.8 Å². The van der Waals surface area contributed by atoms with Crippen LogP contribution in [0.4, 0.5) is 0 Å². The molecule has 14 heavy (non-hydrogen) atoms. The van der Waals surface area contributed by atoms with Crippen LogP contribution >= 0.6 is 0 Å². The van der Waals surface area contributed by atoms with Crippen LogP contribution in [0.1, 0.15) is 6.92 Å². The van der Waals surface area contributed by atoms with Crippen LogP contribution in [0.2, 0.25) is 0 Å². The summed E-state index contributed by atoms with van der Waals surface area (Å²) in [6, 6.07) is 0. The summed E-state index contributed by atoms with van der Waals surface area (Å²) in [5.74, 6) is 5.25. The lowest BCUT2D eigenvalue weighted by atomic mass is 9.96. The van der Waals surface area contributed by atoms with Gasteiger partial charge in [0.2, 0.25) is 5.78 Å². The fourth-order valence-electron chi connectivity index (χ4n) is 1.37. The molecule has 1 aliphatic carbocycles. The molecule has 1 heterocycles. The quantitative estimate of drug-likeness (QED) is 0.438. The van der Waals surface area contributed by atoms with Crippen LogP contribution in [0.5, 0.6) is 0 Å². The van der Waals surface area contributed by atoms with Gasteiger partial charge in [-0.15, -0.1) is 0 Å². The number of ether oxygens (including phenoxy) is 1. The minimum Gasteiger partial charge on any atom is -0.386 e. The molecule has 0 saturated carbocycles. The monoisotopic (exact) mass is 190 g/mol. The van der Waals surface area contributed by atoms with Crippen molar-refractivity contribution in [2.24, 2.45) is 0 Å². The maximum absolute atomic E-state index is 11.5. The van der Waals surface area contributed by atoms with Gasteiger partial charge in [0.1, 0.15) is 12.2 Å². The molecule has 0 spiro atoms. The first-order valence-corrected chi connectivity index (χ1v) is 4.36. The molecule has 0 amide bonds. The van der Waals surface area contributed by atoms with Crippen molar-refractivity contribution in [1.29, 1.82) is 0 Å². The minimum atomic E-state index is -0.702. The average Bonchev–Trinajstić information content (AvgIpc) is 2.88. The highest BCUT2D eigenvalue weighted by Gasteiger charge is 2.52. The van der Waals surface area contributed by atoms with Gasteiger partial charge in [0, 0.05) is 0 Å². The zero-order chi connectivity index (χ0) is 10.3. The van der Waals surface area contributed by atoms with Crippen LogP contribution in [0.3, 0.4) is 0 Å². The summed E-state index contributed by atoms with van der Waals surface area (Å²) in [5, 5.41) is 9.43. The predicted octanol–water partition coefficient (Wildman–Crippen LogP) is 0.203. The third-order valence-electron chi connectivity index (χ3n) is 2.13. The van der Waals surface area contributed by atoms with Crippen molar-refractivity contribution in [3.8, 4) is 11.8 Å². The fraction of sp³-hybridized carbons (Fsp3) is 0.364. The average molecular weight is 190 g/mol. The van der Waals surface area contributed by atoms with E-state index < -0.39 is 12.2 Å². The molecule has 1 N–H and O–H groups in total. The molecule has 1 saturated heterocycles. The van der Waals surface area contributed by atoms with Crippen molar-refractivity contribution in [3.63, 3.8) is 0 Å². The largest absolute Gasteiger partial charge is 0.386 e. The second-order valence-electron chi connectivity index (χ2n) is 3.49. The number of hydrogen-bond acceptors (Lipinski definition) is 3. The number of fused-ring (bicyclic) bond motifs is 1. The number of ketones is 1. The maximum atomic E-state index is 11.5. The molecule has 0 aromatic rings. The molecule has 0 aromatic carbocycles. The molecule has 3 heteroatoms. The van der Waals surface area contributed by atoms with E-state index in [1.165, 1.54) is 6.08 Å². The molecule has 0 radical (unpaired) electrons. The fourth-order valence-corrected chi connectivity index (χ4v) is 1.37. The summed E-state index contributed by atoms with van der Waals surface area (Å²) in [5.41, 5.74) is 1.02. The molecular formula is C11H10O3. The smallest absolute Gasteiger partial charge is 0.202 e. The molecule has 0 bridgehead atoms. The van der Waals surface area contributed by atoms with Gasteiger partial charge in [-0.2, -0.15) is 0 Å². The molecule has 2 rings (SSSR count). The first kappa shape index (κ1) is 9.20. The van der Waals surface area contributed by atoms with Crippen molar-refractivity contribution in [2.45, 2.75) is 25.2 Å². The minimum absolute atomic E-state index is 0.131. The first-order valence-electron chi connectivity index (χ1n) is 4.36. The number of hydrogen-bond donors (Lipinski definition) is 1. The Morgan fingerprint density at radius 1 is 1.71 bits per heavy atom. The van der Waals surface area contributed by atoms with Gasteiger partial charge in [-0.1, -0.05) is 18.4 Å². The number of rotatable bonds is 0. The number of allylic oxidation sites excluding steroid dienone is 1. The Hall–Kier alpha value is -1.37. The maximum Gasteiger partial charge on any atom is 0.202 e. The third kappa shape index (κ3) is 1.50. The Morgan fingerprint density at radius 2 is 2.43 bits per heavy atom. The molecule has 0 unspecified atom stereocenters. The molecule has 72 valence electrons. The van der Waals surface area contributed by atoms with E-state index in [-0.39, 0.29) is 11.9 Å². The van der Waals surface area contributed by atoms with E-state index in [0.717, 1.165) is 0 Å². The lowest BCUT2D eigenvalue weighted by Gasteiger charge is -2.07. The van der Waals surface area contributed by atoms with E-state index in [2.05, 4.69) is 18.4 Å². The zero-order valence-corrected chi connectivity index (χ0v) is 7.78. The third-order valence-corrected chi connectivity index (χ3v) is 2.13. The Kier molecular flexibility index (Phi) is 2.03. The van der Waals surface area contributed by atoms with Gasteiger partial charge in [0.05, 0.1) is 5.57 Å². The highest BCUT2D eigenvalue weighted by molar-refractivity contribution is 6.05. The van der Waals surface area contributed by atoms with E-state index in [4.69, 9.17) is 4.74 Å². The molecule has 1 aliphatic heterocycles. The summed E-state index contributed by atoms with van der Waals surface area (Å²) in [6.07, 6.45) is -0.0543. The number of epoxide rings is 1. The molecule has 3 atom stereocenters. The molecule has 0 aromatic heterocycles. The van der Waals surface area contributed by atoms with Gasteiger partial charge in [0.15, 0.2) is 6.10 Å². The van der Waals surface area contributed by atoms with Gasteiger partial charge < -0.3 is 9.84 Å². The standard InChI is InChI=1S/C11H10O3/c1-6(2)3-4-7-5-8(12)10-11(14-10)9(7)13/h5,8,10-12H,1H2,2H3/t8-,10-,11+/m0/s1. The Labute approximate surface area is 82.1 Å². The first-order chi connectivity index (χ1) is 6.59. The summed E-state index contributed by atoms with van der Waals surface area (Å²) < 4.78 is 5.00. The van der Waals surface area contributed by atoms with Crippen molar-refractivity contribution >= 4 is 5.78 Å². The highest BCUT2D eigenvalue weighted by atomic mass is 16.6. The zero-order valence-electron chi connectivity index (χ0n) is 7.78. The van der Waals surface area contributed by atoms with Crippen LogP contribution < -0.4 is 0 Å². The SMILES string of the molecule is C=C(C)C#CC1=C[C@H](O)[C@@H]2O[C@@H]2C1=O. The van der Waals surface area contributed by atoms with E-state index in [0.29, 0.717) is 11.1 Å². The number of Topliss-reactive ketones (excluding diaryl/α,β-unsaturated/α-hetero) is 1. The van der Waals surface area contributed by atoms with Gasteiger partial charge in [-0.05, 0) is 18.6 Å². The molecule has 1 fully saturated rings. The number of aliphatic hydroxyl groups is 1. The van der Waals surface area contributed by atoms with Crippen molar-refractivity contribution < 1.29 is 14.6 Å². The summed E-state index contributed by atoms with van der Waals surface area (Å²) in [7, 11) is 0. The Bertz CT molecular complexity index is 394. The summed E-state index contributed by atoms with van der Waals surface area (Å²) in [6.45, 7) is 5.36. The van der Waals surface area contributed by atoms with Gasteiger partial charge in [0.25, 0.3) is 0 Å². The van der Waals surface area contributed by atoms with Crippen molar-refractivity contribution in [1.82, 2.24) is 0 Å². The number of carbonyl (C=O) groups is 1.